The van der Waals surface area contributed by atoms with Gasteiger partial charge in [-0.15, -0.1) is 4.91 Å². The molecule has 0 saturated carbocycles. The Balaban J connectivity index is 2.73. The van der Waals surface area contributed by atoms with Crippen LogP contribution in [0.4, 0.5) is 5.69 Å². The number of aldehydes is 1. The standard InChI is InChI=1S/C18H21N5O6/c1-2-14(11-24)18(19,6-8-28-12-21-23-20)10-17(26)29-7-5-13-3-4-16(25)15(9-13)22-27/h2-4,6,8-9,11,25H,5,7,10,12,19H2,1H3/b8-6-,14-2-/t18-/m1/s1. The lowest BCUT2D eigenvalue weighted by atomic mass is 9.88. The van der Waals surface area contributed by atoms with Gasteiger partial charge in [0, 0.05) is 16.9 Å². The third kappa shape index (κ3) is 7.45. The fourth-order valence-electron chi connectivity index (χ4n) is 2.35. The number of nitrogens with two attached hydrogens (primary N) is 1. The van der Waals surface area contributed by atoms with E-state index in [1.54, 1.807) is 13.0 Å². The van der Waals surface area contributed by atoms with Crippen LogP contribution >= 0.6 is 0 Å². The quantitative estimate of drug-likeness (QED) is 0.0620. The van der Waals surface area contributed by atoms with Gasteiger partial charge in [0.1, 0.15) is 17.7 Å². The molecule has 0 aliphatic heterocycles. The van der Waals surface area contributed by atoms with Crippen LogP contribution in [0.25, 0.3) is 10.4 Å². The van der Waals surface area contributed by atoms with E-state index in [-0.39, 0.29) is 43.2 Å². The minimum Gasteiger partial charge on any atom is -0.506 e. The van der Waals surface area contributed by atoms with Gasteiger partial charge in [-0.3, -0.25) is 9.59 Å². The van der Waals surface area contributed by atoms with Gasteiger partial charge in [-0.2, -0.15) is 0 Å². The van der Waals surface area contributed by atoms with E-state index in [2.05, 4.69) is 15.2 Å². The Hall–Kier alpha value is -3.69. The second kappa shape index (κ2) is 11.9. The van der Waals surface area contributed by atoms with Crippen molar-refractivity contribution in [2.75, 3.05) is 13.3 Å². The Bertz CT molecular complexity index is 847. The largest absolute Gasteiger partial charge is 0.506 e. The Morgan fingerprint density at radius 3 is 2.83 bits per heavy atom. The molecule has 0 spiro atoms. The summed E-state index contributed by atoms with van der Waals surface area (Å²) >= 11 is 0. The molecule has 0 amide bonds. The van der Waals surface area contributed by atoms with E-state index in [4.69, 9.17) is 20.7 Å². The molecule has 0 bridgehead atoms. The first-order valence-electron chi connectivity index (χ1n) is 8.42. The zero-order chi connectivity index (χ0) is 21.7. The number of hydrogen-bond donors (Lipinski definition) is 2. The van der Waals surface area contributed by atoms with Crippen LogP contribution in [0.3, 0.4) is 0 Å². The second-order valence-corrected chi connectivity index (χ2v) is 5.79. The average molecular weight is 403 g/mol. The Morgan fingerprint density at radius 2 is 2.21 bits per heavy atom. The molecule has 1 aromatic carbocycles. The molecule has 0 aliphatic carbocycles. The molecule has 0 saturated heterocycles. The molecule has 0 unspecified atom stereocenters. The maximum absolute atomic E-state index is 12.2. The van der Waals surface area contributed by atoms with Gasteiger partial charge in [0.05, 0.1) is 24.8 Å². The van der Waals surface area contributed by atoms with Crippen molar-refractivity contribution in [2.24, 2.45) is 16.0 Å². The molecule has 29 heavy (non-hydrogen) atoms. The predicted octanol–water partition coefficient (Wildman–Crippen LogP) is 2.91. The van der Waals surface area contributed by atoms with Crippen LogP contribution in [-0.2, 0) is 25.5 Å². The number of esters is 1. The smallest absolute Gasteiger partial charge is 0.308 e. The van der Waals surface area contributed by atoms with Gasteiger partial charge in [-0.1, -0.05) is 17.3 Å². The zero-order valence-electron chi connectivity index (χ0n) is 15.7. The SMILES string of the molecule is C/C=C(/C=O)[C@@](N)(/C=C\OCN=[N+]=[N-])CC(=O)OCCc1ccc(O)c(N=O)c1. The summed E-state index contributed by atoms with van der Waals surface area (Å²) in [6.45, 7) is 1.31. The average Bonchev–Trinajstić information content (AvgIpc) is 2.70. The van der Waals surface area contributed by atoms with Gasteiger partial charge in [-0.05, 0) is 41.4 Å². The minimum absolute atomic E-state index is 0.0126. The summed E-state index contributed by atoms with van der Waals surface area (Å²) < 4.78 is 10.1. The van der Waals surface area contributed by atoms with Crippen molar-refractivity contribution >= 4 is 17.9 Å². The van der Waals surface area contributed by atoms with Crippen LogP contribution in [0, 0.1) is 4.91 Å². The minimum atomic E-state index is -1.48. The van der Waals surface area contributed by atoms with Crippen LogP contribution in [-0.4, -0.2) is 36.2 Å². The van der Waals surface area contributed by atoms with Crippen molar-refractivity contribution in [3.8, 4) is 5.75 Å². The molecule has 1 aromatic rings. The highest BCUT2D eigenvalue weighted by Gasteiger charge is 2.30. The molecular weight excluding hydrogens is 382 g/mol. The highest BCUT2D eigenvalue weighted by molar-refractivity contribution is 5.82. The summed E-state index contributed by atoms with van der Waals surface area (Å²) in [6, 6.07) is 4.28. The molecule has 11 nitrogen and oxygen atoms in total. The number of azide groups is 1. The lowest BCUT2D eigenvalue weighted by Crippen LogP contribution is -2.43. The Morgan fingerprint density at radius 1 is 1.45 bits per heavy atom. The van der Waals surface area contributed by atoms with Gasteiger partial charge in [0.2, 0.25) is 0 Å². The number of rotatable bonds is 12. The number of phenols is 1. The zero-order valence-corrected chi connectivity index (χ0v) is 15.7. The number of phenolic OH excluding ortho intramolecular Hbond substituents is 1. The highest BCUT2D eigenvalue weighted by Crippen LogP contribution is 2.27. The van der Waals surface area contributed by atoms with E-state index in [0.717, 1.165) is 6.26 Å². The van der Waals surface area contributed by atoms with Crippen molar-refractivity contribution < 1.29 is 24.2 Å². The fourth-order valence-corrected chi connectivity index (χ4v) is 2.35. The van der Waals surface area contributed by atoms with Gasteiger partial charge in [0.15, 0.2) is 6.73 Å². The van der Waals surface area contributed by atoms with Crippen LogP contribution in [0.5, 0.6) is 5.75 Å². The van der Waals surface area contributed by atoms with Gasteiger partial charge >= 0.3 is 5.97 Å². The number of allylic oxidation sites excluding steroid dienone is 1. The van der Waals surface area contributed by atoms with E-state index >= 15 is 0 Å². The van der Waals surface area contributed by atoms with Crippen molar-refractivity contribution in [3.63, 3.8) is 0 Å². The van der Waals surface area contributed by atoms with Gasteiger partial charge in [-0.25, -0.2) is 0 Å². The third-order valence-electron chi connectivity index (χ3n) is 3.86. The summed E-state index contributed by atoms with van der Waals surface area (Å²) in [4.78, 5) is 36.6. The first kappa shape index (κ1) is 23.3. The molecule has 0 aliphatic rings. The summed E-state index contributed by atoms with van der Waals surface area (Å²) in [7, 11) is 0. The van der Waals surface area contributed by atoms with Crippen LogP contribution < -0.4 is 5.73 Å². The topological polar surface area (TPSA) is 177 Å². The van der Waals surface area contributed by atoms with Crippen molar-refractivity contribution in [3.05, 3.63) is 63.1 Å². The number of aromatic hydroxyl groups is 1. The number of hydrogen-bond acceptors (Lipinski definition) is 9. The summed E-state index contributed by atoms with van der Waals surface area (Å²) in [6.07, 6.45) is 4.36. The number of benzene rings is 1. The summed E-state index contributed by atoms with van der Waals surface area (Å²) in [5, 5.41) is 15.3. The third-order valence-corrected chi connectivity index (χ3v) is 3.86. The molecule has 11 heteroatoms. The van der Waals surface area contributed by atoms with Crippen LogP contribution in [0.2, 0.25) is 0 Å². The first-order chi connectivity index (χ1) is 13.9. The number of ether oxygens (including phenoxy) is 2. The van der Waals surface area contributed by atoms with Crippen LogP contribution in [0.1, 0.15) is 18.9 Å². The van der Waals surface area contributed by atoms with Crippen LogP contribution in [0.15, 0.2) is 52.5 Å². The molecule has 0 aromatic heterocycles. The second-order valence-electron chi connectivity index (χ2n) is 5.79. The summed E-state index contributed by atoms with van der Waals surface area (Å²) in [5.41, 5.74) is 13.6. The molecule has 1 rings (SSSR count). The summed E-state index contributed by atoms with van der Waals surface area (Å²) in [5.74, 6) is -0.906. The first-order valence-corrected chi connectivity index (χ1v) is 8.42. The number of nitrogens with zero attached hydrogens (tertiary/aromatic N) is 4. The Labute approximate surface area is 166 Å². The maximum atomic E-state index is 12.2. The molecule has 1 atom stereocenters. The van der Waals surface area contributed by atoms with Gasteiger partial charge in [0.25, 0.3) is 0 Å². The van der Waals surface area contributed by atoms with E-state index in [0.29, 0.717) is 11.8 Å². The number of nitroso groups, excluding NO2 is 1. The lowest BCUT2D eigenvalue weighted by Gasteiger charge is -2.25. The number of carbonyl (C=O) groups is 2. The maximum Gasteiger partial charge on any atom is 0.308 e. The normalized spacial score (nSPS) is 13.2. The van der Waals surface area contributed by atoms with Crippen molar-refractivity contribution in [2.45, 2.75) is 25.3 Å². The monoisotopic (exact) mass is 403 g/mol. The van der Waals surface area contributed by atoms with Crippen molar-refractivity contribution in [1.29, 1.82) is 0 Å². The lowest BCUT2D eigenvalue weighted by molar-refractivity contribution is -0.144. The van der Waals surface area contributed by atoms with Crippen molar-refractivity contribution in [1.82, 2.24) is 0 Å². The molecule has 0 radical (unpaired) electrons. The molecule has 0 fully saturated rings. The predicted molar refractivity (Wildman–Crippen MR) is 104 cm³/mol. The van der Waals surface area contributed by atoms with E-state index in [9.17, 15) is 19.6 Å². The van der Waals surface area contributed by atoms with E-state index in [1.165, 1.54) is 24.3 Å². The van der Waals surface area contributed by atoms with Gasteiger partial charge < -0.3 is 20.3 Å². The molecule has 154 valence electrons. The molecule has 3 N–H and O–H groups in total. The van der Waals surface area contributed by atoms with E-state index < -0.39 is 11.5 Å². The Kier molecular flexibility index (Phi) is 9.59. The highest BCUT2D eigenvalue weighted by atomic mass is 16.5. The molecule has 0 heterocycles. The van der Waals surface area contributed by atoms with E-state index in [1.807, 2.05) is 0 Å². The number of carbonyl (C=O) groups excluding carboxylic acids is 2. The fraction of sp³-hybridized carbons (Fsp3) is 0.333. The molecular formula is C18H21N5O6.